The number of rotatable bonds is 4. The van der Waals surface area contributed by atoms with Gasteiger partial charge < -0.3 is 4.74 Å². The minimum absolute atomic E-state index is 0.204. The Bertz CT molecular complexity index is 503. The fourth-order valence-corrected chi connectivity index (χ4v) is 2.00. The summed E-state index contributed by atoms with van der Waals surface area (Å²) >= 11 is 5.85. The van der Waals surface area contributed by atoms with E-state index in [1.165, 1.54) is 11.1 Å². The molecule has 94 valence electrons. The maximum absolute atomic E-state index is 5.85. The van der Waals surface area contributed by atoms with Gasteiger partial charge in [0.2, 0.25) is 0 Å². The van der Waals surface area contributed by atoms with Crippen molar-refractivity contribution in [3.8, 4) is 16.9 Å². The van der Waals surface area contributed by atoms with Crippen molar-refractivity contribution in [1.82, 2.24) is 0 Å². The minimum atomic E-state index is 0.204. The van der Waals surface area contributed by atoms with Crippen LogP contribution in [0, 0.1) is 0 Å². The van der Waals surface area contributed by atoms with Gasteiger partial charge in [0.25, 0.3) is 0 Å². The first-order valence-electron chi connectivity index (χ1n) is 6.11. The van der Waals surface area contributed by atoms with E-state index in [1.807, 2.05) is 38.1 Å². The molecule has 0 saturated heterocycles. The second kappa shape index (κ2) is 5.92. The lowest BCUT2D eigenvalue weighted by atomic mass is 10.0. The molecule has 0 saturated carbocycles. The van der Waals surface area contributed by atoms with Crippen LogP contribution in [-0.4, -0.2) is 6.10 Å². The van der Waals surface area contributed by atoms with E-state index in [9.17, 15) is 0 Å². The molecule has 0 amide bonds. The van der Waals surface area contributed by atoms with E-state index in [0.29, 0.717) is 5.88 Å². The molecule has 0 N–H and O–H groups in total. The Morgan fingerprint density at radius 3 is 2.33 bits per heavy atom. The Morgan fingerprint density at radius 2 is 1.72 bits per heavy atom. The molecule has 0 atom stereocenters. The Labute approximate surface area is 113 Å². The van der Waals surface area contributed by atoms with Crippen LogP contribution in [0.25, 0.3) is 11.1 Å². The van der Waals surface area contributed by atoms with Gasteiger partial charge in [-0.2, -0.15) is 0 Å². The summed E-state index contributed by atoms with van der Waals surface area (Å²) in [5.41, 5.74) is 3.50. The Hall–Kier alpha value is -1.47. The summed E-state index contributed by atoms with van der Waals surface area (Å²) in [6.07, 6.45) is 0.204. The zero-order valence-corrected chi connectivity index (χ0v) is 11.4. The zero-order valence-electron chi connectivity index (χ0n) is 10.7. The molecule has 2 aromatic carbocycles. The highest BCUT2D eigenvalue weighted by Gasteiger charge is 2.01. The molecule has 0 radical (unpaired) electrons. The van der Waals surface area contributed by atoms with E-state index < -0.39 is 0 Å². The molecule has 0 aliphatic rings. The van der Waals surface area contributed by atoms with Crippen LogP contribution in [0.3, 0.4) is 0 Å². The lowest BCUT2D eigenvalue weighted by molar-refractivity contribution is 0.242. The highest BCUT2D eigenvalue weighted by atomic mass is 35.5. The van der Waals surface area contributed by atoms with Gasteiger partial charge >= 0.3 is 0 Å². The molecular formula is C16H17ClO. The Kier molecular flexibility index (Phi) is 4.27. The average molecular weight is 261 g/mol. The van der Waals surface area contributed by atoms with Gasteiger partial charge in [-0.25, -0.2) is 0 Å². The van der Waals surface area contributed by atoms with Crippen LogP contribution < -0.4 is 4.74 Å². The summed E-state index contributed by atoms with van der Waals surface area (Å²) in [5.74, 6) is 1.45. The maximum Gasteiger partial charge on any atom is 0.119 e. The van der Waals surface area contributed by atoms with Crippen LogP contribution in [0.5, 0.6) is 5.75 Å². The summed E-state index contributed by atoms with van der Waals surface area (Å²) in [6, 6.07) is 16.4. The SMILES string of the molecule is CC(C)Oc1ccc(-c2cccc(CCl)c2)cc1. The summed E-state index contributed by atoms with van der Waals surface area (Å²) in [7, 11) is 0. The van der Waals surface area contributed by atoms with E-state index in [4.69, 9.17) is 16.3 Å². The van der Waals surface area contributed by atoms with Crippen molar-refractivity contribution in [2.75, 3.05) is 0 Å². The van der Waals surface area contributed by atoms with Gasteiger partial charge in [0, 0.05) is 5.88 Å². The van der Waals surface area contributed by atoms with Gasteiger partial charge in [-0.15, -0.1) is 11.6 Å². The first-order chi connectivity index (χ1) is 8.69. The number of ether oxygens (including phenoxy) is 1. The van der Waals surface area contributed by atoms with Crippen molar-refractivity contribution in [3.63, 3.8) is 0 Å². The zero-order chi connectivity index (χ0) is 13.0. The van der Waals surface area contributed by atoms with E-state index >= 15 is 0 Å². The Morgan fingerprint density at radius 1 is 1.00 bits per heavy atom. The average Bonchev–Trinajstić information content (AvgIpc) is 2.39. The van der Waals surface area contributed by atoms with Crippen molar-refractivity contribution in [2.24, 2.45) is 0 Å². The summed E-state index contributed by atoms with van der Waals surface area (Å²) in [4.78, 5) is 0. The monoisotopic (exact) mass is 260 g/mol. The number of hydrogen-bond donors (Lipinski definition) is 0. The standard InChI is InChI=1S/C16H17ClO/c1-12(2)18-16-8-6-14(7-9-16)15-5-3-4-13(10-15)11-17/h3-10,12H,11H2,1-2H3. The maximum atomic E-state index is 5.85. The molecule has 0 unspecified atom stereocenters. The van der Waals surface area contributed by atoms with Crippen LogP contribution in [0.4, 0.5) is 0 Å². The van der Waals surface area contributed by atoms with Crippen LogP contribution >= 0.6 is 11.6 Å². The third-order valence-electron chi connectivity index (χ3n) is 2.64. The highest BCUT2D eigenvalue weighted by molar-refractivity contribution is 6.17. The van der Waals surface area contributed by atoms with Gasteiger partial charge in [0.1, 0.15) is 5.75 Å². The minimum Gasteiger partial charge on any atom is -0.491 e. The molecule has 2 aromatic rings. The molecule has 2 rings (SSSR count). The fraction of sp³-hybridized carbons (Fsp3) is 0.250. The quantitative estimate of drug-likeness (QED) is 0.712. The van der Waals surface area contributed by atoms with Crippen LogP contribution in [-0.2, 0) is 5.88 Å². The van der Waals surface area contributed by atoms with Gasteiger partial charge in [-0.3, -0.25) is 0 Å². The number of hydrogen-bond acceptors (Lipinski definition) is 1. The second-order valence-electron chi connectivity index (χ2n) is 4.52. The summed E-state index contributed by atoms with van der Waals surface area (Å²) in [5, 5.41) is 0. The van der Waals surface area contributed by atoms with Crippen molar-refractivity contribution >= 4 is 11.6 Å². The first kappa shape index (κ1) is 13.0. The lowest BCUT2D eigenvalue weighted by Crippen LogP contribution is -2.05. The molecule has 0 heterocycles. The third kappa shape index (κ3) is 3.27. The van der Waals surface area contributed by atoms with Crippen molar-refractivity contribution in [1.29, 1.82) is 0 Å². The molecule has 0 fully saturated rings. The smallest absolute Gasteiger partial charge is 0.119 e. The topological polar surface area (TPSA) is 9.23 Å². The highest BCUT2D eigenvalue weighted by Crippen LogP contribution is 2.24. The first-order valence-corrected chi connectivity index (χ1v) is 6.64. The molecule has 0 spiro atoms. The fourth-order valence-electron chi connectivity index (χ4n) is 1.83. The van der Waals surface area contributed by atoms with Gasteiger partial charge in [0.15, 0.2) is 0 Å². The van der Waals surface area contributed by atoms with Crippen LogP contribution in [0.15, 0.2) is 48.5 Å². The molecule has 0 aliphatic heterocycles. The van der Waals surface area contributed by atoms with E-state index in [2.05, 4.69) is 24.3 Å². The molecule has 0 aliphatic carbocycles. The predicted octanol–water partition coefficient (Wildman–Crippen LogP) is 4.88. The molecule has 0 aromatic heterocycles. The van der Waals surface area contributed by atoms with Crippen molar-refractivity contribution in [2.45, 2.75) is 25.8 Å². The lowest BCUT2D eigenvalue weighted by Gasteiger charge is -2.10. The van der Waals surface area contributed by atoms with E-state index in [-0.39, 0.29) is 6.10 Å². The van der Waals surface area contributed by atoms with Crippen molar-refractivity contribution in [3.05, 3.63) is 54.1 Å². The largest absolute Gasteiger partial charge is 0.491 e. The molecular weight excluding hydrogens is 244 g/mol. The van der Waals surface area contributed by atoms with Crippen molar-refractivity contribution < 1.29 is 4.74 Å². The van der Waals surface area contributed by atoms with E-state index in [1.54, 1.807) is 0 Å². The van der Waals surface area contributed by atoms with Crippen LogP contribution in [0.1, 0.15) is 19.4 Å². The molecule has 2 heteroatoms. The normalized spacial score (nSPS) is 10.7. The van der Waals surface area contributed by atoms with Gasteiger partial charge in [0.05, 0.1) is 6.10 Å². The van der Waals surface area contributed by atoms with E-state index in [0.717, 1.165) is 11.3 Å². The molecule has 0 bridgehead atoms. The predicted molar refractivity (Wildman–Crippen MR) is 77.2 cm³/mol. The number of benzene rings is 2. The van der Waals surface area contributed by atoms with Gasteiger partial charge in [-0.05, 0) is 48.7 Å². The number of alkyl halides is 1. The van der Waals surface area contributed by atoms with Gasteiger partial charge in [-0.1, -0.05) is 30.3 Å². The Balaban J connectivity index is 2.22. The number of halogens is 1. The second-order valence-corrected chi connectivity index (χ2v) is 4.79. The van der Waals surface area contributed by atoms with Crippen LogP contribution in [0.2, 0.25) is 0 Å². The molecule has 1 nitrogen and oxygen atoms in total. The molecule has 18 heavy (non-hydrogen) atoms. The third-order valence-corrected chi connectivity index (χ3v) is 2.95. The summed E-state index contributed by atoms with van der Waals surface area (Å²) in [6.45, 7) is 4.05. The summed E-state index contributed by atoms with van der Waals surface area (Å²) < 4.78 is 5.63.